The first-order chi connectivity index (χ1) is 11.7. The van der Waals surface area contributed by atoms with Crippen molar-refractivity contribution in [3.8, 4) is 6.07 Å². The fourth-order valence-corrected chi connectivity index (χ4v) is 4.06. The Morgan fingerprint density at radius 3 is 3.04 bits per heavy atom. The molecule has 2 N–H and O–H groups in total. The number of hydrogen-bond acceptors (Lipinski definition) is 4. The van der Waals surface area contributed by atoms with E-state index in [1.54, 1.807) is 0 Å². The lowest BCUT2D eigenvalue weighted by molar-refractivity contribution is -0.122. The second-order valence-electron chi connectivity index (χ2n) is 6.59. The number of halogens is 1. The van der Waals surface area contributed by atoms with Crippen LogP contribution < -0.4 is 15.5 Å². The molecule has 6 heteroatoms. The minimum Gasteiger partial charge on any atom is -0.370 e. The zero-order valence-electron chi connectivity index (χ0n) is 13.7. The zero-order chi connectivity index (χ0) is 16.9. The third-order valence-electron chi connectivity index (χ3n) is 4.90. The normalized spacial score (nSPS) is 23.8. The van der Waals surface area contributed by atoms with Crippen LogP contribution in [-0.4, -0.2) is 38.1 Å². The molecular weight excluding hydrogens is 368 g/mol. The summed E-state index contributed by atoms with van der Waals surface area (Å²) in [7, 11) is 0. The largest absolute Gasteiger partial charge is 0.370 e. The SMILES string of the molecule is N#Cc1c(Br)cccc1N1CCCC(CNC(=O)C2CCCN2)C1. The summed E-state index contributed by atoms with van der Waals surface area (Å²) >= 11 is 3.46. The van der Waals surface area contributed by atoms with Gasteiger partial charge in [-0.2, -0.15) is 5.26 Å². The van der Waals surface area contributed by atoms with Gasteiger partial charge in [0.1, 0.15) is 6.07 Å². The highest BCUT2D eigenvalue weighted by Gasteiger charge is 2.25. The van der Waals surface area contributed by atoms with E-state index in [4.69, 9.17) is 0 Å². The summed E-state index contributed by atoms with van der Waals surface area (Å²) in [5, 5.41) is 15.8. The molecule has 0 radical (unpaired) electrons. The lowest BCUT2D eigenvalue weighted by Crippen LogP contribution is -2.45. The summed E-state index contributed by atoms with van der Waals surface area (Å²) in [6.45, 7) is 3.49. The van der Waals surface area contributed by atoms with Crippen molar-refractivity contribution < 1.29 is 4.79 Å². The Hall–Kier alpha value is -1.58. The number of amides is 1. The van der Waals surface area contributed by atoms with E-state index >= 15 is 0 Å². The second-order valence-corrected chi connectivity index (χ2v) is 7.45. The highest BCUT2D eigenvalue weighted by atomic mass is 79.9. The van der Waals surface area contributed by atoms with Crippen molar-refractivity contribution in [1.82, 2.24) is 10.6 Å². The molecule has 0 saturated carbocycles. The van der Waals surface area contributed by atoms with Gasteiger partial charge in [0.15, 0.2) is 0 Å². The molecule has 0 spiro atoms. The van der Waals surface area contributed by atoms with Crippen LogP contribution in [0, 0.1) is 17.2 Å². The third kappa shape index (κ3) is 3.90. The first-order valence-corrected chi connectivity index (χ1v) is 9.43. The Morgan fingerprint density at radius 1 is 1.42 bits per heavy atom. The number of carbonyl (C=O) groups excluding carboxylic acids is 1. The van der Waals surface area contributed by atoms with Crippen LogP contribution in [0.25, 0.3) is 0 Å². The van der Waals surface area contributed by atoms with E-state index in [0.29, 0.717) is 18.0 Å². The smallest absolute Gasteiger partial charge is 0.237 e. The maximum absolute atomic E-state index is 12.1. The Bertz CT molecular complexity index is 636. The second kappa shape index (κ2) is 8.00. The molecule has 0 aromatic heterocycles. The molecule has 1 amide bonds. The molecule has 2 heterocycles. The molecule has 2 fully saturated rings. The third-order valence-corrected chi connectivity index (χ3v) is 5.57. The molecule has 0 aliphatic carbocycles. The summed E-state index contributed by atoms with van der Waals surface area (Å²) in [5.41, 5.74) is 1.68. The Balaban J connectivity index is 1.59. The lowest BCUT2D eigenvalue weighted by atomic mass is 9.96. The van der Waals surface area contributed by atoms with Crippen molar-refractivity contribution >= 4 is 27.5 Å². The van der Waals surface area contributed by atoms with E-state index in [2.05, 4.69) is 37.5 Å². The van der Waals surface area contributed by atoms with Crippen LogP contribution in [0.5, 0.6) is 0 Å². The zero-order valence-corrected chi connectivity index (χ0v) is 15.3. The van der Waals surface area contributed by atoms with Gasteiger partial charge < -0.3 is 15.5 Å². The van der Waals surface area contributed by atoms with E-state index in [9.17, 15) is 10.1 Å². The van der Waals surface area contributed by atoms with Crippen molar-refractivity contribution in [3.63, 3.8) is 0 Å². The highest BCUT2D eigenvalue weighted by molar-refractivity contribution is 9.10. The van der Waals surface area contributed by atoms with E-state index in [-0.39, 0.29) is 11.9 Å². The van der Waals surface area contributed by atoms with Gasteiger partial charge in [0.2, 0.25) is 5.91 Å². The predicted molar refractivity (Wildman–Crippen MR) is 97.8 cm³/mol. The van der Waals surface area contributed by atoms with Crippen LogP contribution in [0.1, 0.15) is 31.2 Å². The van der Waals surface area contributed by atoms with Gasteiger partial charge in [-0.15, -0.1) is 0 Å². The van der Waals surface area contributed by atoms with Crippen molar-refractivity contribution in [1.29, 1.82) is 5.26 Å². The Labute approximate surface area is 151 Å². The maximum atomic E-state index is 12.1. The van der Waals surface area contributed by atoms with E-state index in [0.717, 1.165) is 55.5 Å². The quantitative estimate of drug-likeness (QED) is 0.827. The molecule has 24 heavy (non-hydrogen) atoms. The molecule has 1 aromatic rings. The van der Waals surface area contributed by atoms with Gasteiger partial charge >= 0.3 is 0 Å². The molecule has 2 aliphatic rings. The van der Waals surface area contributed by atoms with E-state index < -0.39 is 0 Å². The molecule has 5 nitrogen and oxygen atoms in total. The van der Waals surface area contributed by atoms with Gasteiger partial charge in [-0.25, -0.2) is 0 Å². The summed E-state index contributed by atoms with van der Waals surface area (Å²) in [5.74, 6) is 0.555. The number of nitrogens with one attached hydrogen (secondary N) is 2. The number of rotatable bonds is 4. The average Bonchev–Trinajstić information content (AvgIpc) is 3.14. The number of hydrogen-bond donors (Lipinski definition) is 2. The lowest BCUT2D eigenvalue weighted by Gasteiger charge is -2.35. The van der Waals surface area contributed by atoms with Crippen LogP contribution in [0.3, 0.4) is 0 Å². The van der Waals surface area contributed by atoms with Crippen LogP contribution in [0.4, 0.5) is 5.69 Å². The molecule has 2 saturated heterocycles. The van der Waals surface area contributed by atoms with Crippen molar-refractivity contribution in [3.05, 3.63) is 28.2 Å². The Kier molecular flexibility index (Phi) is 5.75. The van der Waals surface area contributed by atoms with E-state index in [1.807, 2.05) is 18.2 Å². The molecule has 2 unspecified atom stereocenters. The highest BCUT2D eigenvalue weighted by Crippen LogP contribution is 2.30. The molecule has 128 valence electrons. The fourth-order valence-electron chi connectivity index (χ4n) is 3.61. The molecule has 2 aliphatic heterocycles. The standard InChI is InChI=1S/C18H23BrN4O/c19-15-5-1-7-17(14(15)10-20)23-9-3-4-13(12-23)11-22-18(24)16-6-2-8-21-16/h1,5,7,13,16,21H,2-4,6,8-9,11-12H2,(H,22,24). The van der Waals surface area contributed by atoms with Crippen LogP contribution in [0.15, 0.2) is 22.7 Å². The van der Waals surface area contributed by atoms with Crippen LogP contribution in [-0.2, 0) is 4.79 Å². The number of carbonyl (C=O) groups is 1. The predicted octanol–water partition coefficient (Wildman–Crippen LogP) is 2.41. The number of benzene rings is 1. The van der Waals surface area contributed by atoms with Gasteiger partial charge in [0, 0.05) is 24.1 Å². The molecule has 2 atom stereocenters. The van der Waals surface area contributed by atoms with Crippen LogP contribution in [0.2, 0.25) is 0 Å². The number of nitrogens with zero attached hydrogens (tertiary/aromatic N) is 2. The molecule has 0 bridgehead atoms. The summed E-state index contributed by atoms with van der Waals surface area (Å²) < 4.78 is 0.838. The summed E-state index contributed by atoms with van der Waals surface area (Å²) in [6, 6.07) is 8.16. The van der Waals surface area contributed by atoms with Crippen molar-refractivity contribution in [2.24, 2.45) is 5.92 Å². The molecular formula is C18H23BrN4O. The minimum absolute atomic E-state index is 0.0139. The summed E-state index contributed by atoms with van der Waals surface area (Å²) in [4.78, 5) is 14.4. The van der Waals surface area contributed by atoms with Gasteiger partial charge in [-0.1, -0.05) is 6.07 Å². The first-order valence-electron chi connectivity index (χ1n) is 8.63. The van der Waals surface area contributed by atoms with Crippen LogP contribution >= 0.6 is 15.9 Å². The number of piperidine rings is 1. The van der Waals surface area contributed by atoms with Crippen molar-refractivity contribution in [2.75, 3.05) is 31.1 Å². The van der Waals surface area contributed by atoms with Gasteiger partial charge in [-0.3, -0.25) is 4.79 Å². The van der Waals surface area contributed by atoms with Gasteiger partial charge in [0.05, 0.1) is 17.3 Å². The minimum atomic E-state index is -0.0139. The molecule has 1 aromatic carbocycles. The van der Waals surface area contributed by atoms with Gasteiger partial charge in [0.25, 0.3) is 0 Å². The first kappa shape index (κ1) is 17.2. The summed E-state index contributed by atoms with van der Waals surface area (Å²) in [6.07, 6.45) is 4.21. The fraction of sp³-hybridized carbons (Fsp3) is 0.556. The average molecular weight is 391 g/mol. The van der Waals surface area contributed by atoms with E-state index in [1.165, 1.54) is 0 Å². The number of anilines is 1. The van der Waals surface area contributed by atoms with Crippen molar-refractivity contribution in [2.45, 2.75) is 31.7 Å². The topological polar surface area (TPSA) is 68.2 Å². The maximum Gasteiger partial charge on any atom is 0.237 e. The number of nitriles is 1. The molecule has 3 rings (SSSR count). The Morgan fingerprint density at radius 2 is 2.29 bits per heavy atom. The monoisotopic (exact) mass is 390 g/mol. The van der Waals surface area contributed by atoms with Gasteiger partial charge in [-0.05, 0) is 66.2 Å².